The van der Waals surface area contributed by atoms with Crippen LogP contribution in [0.5, 0.6) is 0 Å². The third-order valence-corrected chi connectivity index (χ3v) is 5.45. The second kappa shape index (κ2) is 5.69. The first-order chi connectivity index (χ1) is 8.53. The fourth-order valence-electron chi connectivity index (χ4n) is 1.74. The number of aliphatic hydroxyl groups excluding tert-OH is 1. The lowest BCUT2D eigenvalue weighted by atomic mass is 10.2. The lowest BCUT2D eigenvalue weighted by Gasteiger charge is -2.09. The van der Waals surface area contributed by atoms with Crippen LogP contribution in [0.4, 0.5) is 0 Å². The molecule has 2 N–H and O–H groups in total. The highest BCUT2D eigenvalue weighted by molar-refractivity contribution is 9.10. The van der Waals surface area contributed by atoms with E-state index < -0.39 is 10.0 Å². The van der Waals surface area contributed by atoms with Crippen LogP contribution in [0, 0.1) is 5.92 Å². The molecule has 1 aliphatic carbocycles. The van der Waals surface area contributed by atoms with Gasteiger partial charge in [-0.1, -0.05) is 18.9 Å². The molecule has 4 nitrogen and oxygen atoms in total. The van der Waals surface area contributed by atoms with Gasteiger partial charge in [0.15, 0.2) is 0 Å². The first-order valence-electron chi connectivity index (χ1n) is 5.92. The molecule has 0 amide bonds. The maximum Gasteiger partial charge on any atom is 0.241 e. The molecule has 1 fully saturated rings. The minimum Gasteiger partial charge on any atom is -0.392 e. The fourth-order valence-corrected chi connectivity index (χ4v) is 3.91. The van der Waals surface area contributed by atoms with Gasteiger partial charge in [-0.05, 0) is 46.0 Å². The minimum atomic E-state index is -3.46. The van der Waals surface area contributed by atoms with Crippen molar-refractivity contribution < 1.29 is 13.5 Å². The van der Waals surface area contributed by atoms with Crippen molar-refractivity contribution in [3.05, 3.63) is 28.2 Å². The number of hydrogen-bond acceptors (Lipinski definition) is 3. The van der Waals surface area contributed by atoms with Gasteiger partial charge in [0.1, 0.15) is 0 Å². The van der Waals surface area contributed by atoms with Gasteiger partial charge in [0.2, 0.25) is 10.0 Å². The van der Waals surface area contributed by atoms with Gasteiger partial charge < -0.3 is 5.11 Å². The first-order valence-corrected chi connectivity index (χ1v) is 8.19. The maximum absolute atomic E-state index is 12.1. The maximum atomic E-state index is 12.1. The van der Waals surface area contributed by atoms with Crippen LogP contribution in [-0.4, -0.2) is 20.1 Å². The number of aliphatic hydroxyl groups is 1. The molecule has 18 heavy (non-hydrogen) atoms. The molecule has 0 spiro atoms. The van der Waals surface area contributed by atoms with Gasteiger partial charge in [0.05, 0.1) is 11.5 Å². The van der Waals surface area contributed by atoms with E-state index in [-0.39, 0.29) is 11.5 Å². The summed E-state index contributed by atoms with van der Waals surface area (Å²) in [6.45, 7) is 0.384. The van der Waals surface area contributed by atoms with Crippen molar-refractivity contribution >= 4 is 26.0 Å². The van der Waals surface area contributed by atoms with Gasteiger partial charge in [-0.2, -0.15) is 0 Å². The normalized spacial score (nSPS) is 15.9. The van der Waals surface area contributed by atoms with Crippen LogP contribution in [0.25, 0.3) is 0 Å². The summed E-state index contributed by atoms with van der Waals surface area (Å²) in [7, 11) is -3.46. The van der Waals surface area contributed by atoms with Crippen LogP contribution >= 0.6 is 15.9 Å². The molecule has 0 aliphatic heterocycles. The third kappa shape index (κ3) is 3.54. The molecule has 1 saturated carbocycles. The van der Waals surface area contributed by atoms with E-state index in [0.717, 1.165) is 6.42 Å². The van der Waals surface area contributed by atoms with Gasteiger partial charge in [-0.25, -0.2) is 13.1 Å². The number of benzene rings is 1. The average molecular weight is 334 g/mol. The SMILES string of the molecule is O=S(=O)(NCCC1CC1)c1ccc(CO)cc1Br. The molecule has 1 aromatic carbocycles. The van der Waals surface area contributed by atoms with Gasteiger partial charge in [0, 0.05) is 11.0 Å². The second-order valence-electron chi connectivity index (χ2n) is 4.55. The van der Waals surface area contributed by atoms with Gasteiger partial charge in [0.25, 0.3) is 0 Å². The van der Waals surface area contributed by atoms with Crippen LogP contribution in [0.3, 0.4) is 0 Å². The van der Waals surface area contributed by atoms with E-state index in [9.17, 15) is 8.42 Å². The summed E-state index contributed by atoms with van der Waals surface area (Å²) in [6, 6.07) is 4.74. The van der Waals surface area contributed by atoms with E-state index >= 15 is 0 Å². The van der Waals surface area contributed by atoms with E-state index in [1.807, 2.05) is 0 Å². The van der Waals surface area contributed by atoms with Crippen molar-refractivity contribution in [3.8, 4) is 0 Å². The first kappa shape index (κ1) is 14.0. The van der Waals surface area contributed by atoms with Crippen LogP contribution < -0.4 is 4.72 Å². The molecule has 0 radical (unpaired) electrons. The smallest absolute Gasteiger partial charge is 0.241 e. The van der Waals surface area contributed by atoms with Crippen LogP contribution in [0.2, 0.25) is 0 Å². The summed E-state index contributed by atoms with van der Waals surface area (Å²) in [5, 5.41) is 8.98. The van der Waals surface area contributed by atoms with Crippen molar-refractivity contribution in [2.75, 3.05) is 6.54 Å². The van der Waals surface area contributed by atoms with E-state index in [1.165, 1.54) is 18.9 Å². The Morgan fingerprint density at radius 3 is 2.67 bits per heavy atom. The quantitative estimate of drug-likeness (QED) is 0.836. The van der Waals surface area contributed by atoms with E-state index in [0.29, 0.717) is 22.5 Å². The molecular formula is C12H16BrNO3S. The molecule has 100 valence electrons. The van der Waals surface area contributed by atoms with Crippen LogP contribution in [0.1, 0.15) is 24.8 Å². The van der Waals surface area contributed by atoms with Crippen molar-refractivity contribution in [1.29, 1.82) is 0 Å². The lowest BCUT2D eigenvalue weighted by molar-refractivity contribution is 0.281. The van der Waals surface area contributed by atoms with Crippen LogP contribution in [-0.2, 0) is 16.6 Å². The molecule has 0 atom stereocenters. The molecule has 1 aromatic rings. The van der Waals surface area contributed by atoms with E-state index in [2.05, 4.69) is 20.7 Å². The average Bonchev–Trinajstić information content (AvgIpc) is 3.12. The Kier molecular flexibility index (Phi) is 4.42. The molecule has 0 unspecified atom stereocenters. The molecule has 0 aromatic heterocycles. The predicted octanol–water partition coefficient (Wildman–Crippen LogP) is 2.02. The highest BCUT2D eigenvalue weighted by Crippen LogP contribution is 2.32. The highest BCUT2D eigenvalue weighted by Gasteiger charge is 2.22. The lowest BCUT2D eigenvalue weighted by Crippen LogP contribution is -2.25. The molecular weight excluding hydrogens is 318 g/mol. The van der Waals surface area contributed by atoms with Crippen LogP contribution in [0.15, 0.2) is 27.6 Å². The number of nitrogens with one attached hydrogen (secondary N) is 1. The van der Waals surface area contributed by atoms with Gasteiger partial charge >= 0.3 is 0 Å². The summed E-state index contributed by atoms with van der Waals surface area (Å²) in [4.78, 5) is 0.218. The zero-order valence-electron chi connectivity index (χ0n) is 9.89. The van der Waals surface area contributed by atoms with Crippen molar-refractivity contribution in [2.24, 2.45) is 5.92 Å². The van der Waals surface area contributed by atoms with Gasteiger partial charge in [-0.3, -0.25) is 0 Å². The standard InChI is InChI=1S/C12H16BrNO3S/c13-11-7-10(8-15)3-4-12(11)18(16,17)14-6-5-9-1-2-9/h3-4,7,9,14-15H,1-2,5-6,8H2. The molecule has 6 heteroatoms. The topological polar surface area (TPSA) is 66.4 Å². The largest absolute Gasteiger partial charge is 0.392 e. The zero-order chi connectivity index (χ0) is 13.2. The Morgan fingerprint density at radius 2 is 2.11 bits per heavy atom. The Bertz CT molecular complexity index is 526. The zero-order valence-corrected chi connectivity index (χ0v) is 12.3. The molecule has 0 heterocycles. The van der Waals surface area contributed by atoms with Crippen molar-refractivity contribution in [1.82, 2.24) is 4.72 Å². The Hall–Kier alpha value is -0.430. The molecule has 2 rings (SSSR count). The predicted molar refractivity (Wildman–Crippen MR) is 72.6 cm³/mol. The third-order valence-electron chi connectivity index (χ3n) is 3.01. The van der Waals surface area contributed by atoms with Crippen molar-refractivity contribution in [2.45, 2.75) is 30.8 Å². The van der Waals surface area contributed by atoms with E-state index in [4.69, 9.17) is 5.11 Å². The summed E-state index contributed by atoms with van der Waals surface area (Å²) >= 11 is 3.23. The molecule has 0 saturated heterocycles. The van der Waals surface area contributed by atoms with E-state index in [1.54, 1.807) is 12.1 Å². The Morgan fingerprint density at radius 1 is 1.39 bits per heavy atom. The number of hydrogen-bond donors (Lipinski definition) is 2. The second-order valence-corrected chi connectivity index (χ2v) is 7.14. The summed E-state index contributed by atoms with van der Waals surface area (Å²) in [5.74, 6) is 0.702. The summed E-state index contributed by atoms with van der Waals surface area (Å²) < 4.78 is 27.2. The number of halogens is 1. The van der Waals surface area contributed by atoms with Gasteiger partial charge in [-0.15, -0.1) is 0 Å². The molecule has 1 aliphatic rings. The van der Waals surface area contributed by atoms with Crippen molar-refractivity contribution in [3.63, 3.8) is 0 Å². The number of sulfonamides is 1. The fraction of sp³-hybridized carbons (Fsp3) is 0.500. The monoisotopic (exact) mass is 333 g/mol. The summed E-state index contributed by atoms with van der Waals surface area (Å²) in [6.07, 6.45) is 3.35. The highest BCUT2D eigenvalue weighted by atomic mass is 79.9. The minimum absolute atomic E-state index is 0.103. The molecule has 0 bridgehead atoms. The Balaban J connectivity index is 2.07. The Labute approximate surface area is 116 Å². The summed E-state index contributed by atoms with van der Waals surface area (Å²) in [5.41, 5.74) is 0.679. The number of rotatable bonds is 6.